The smallest absolute Gasteiger partial charge is 0.245 e. The number of carbonyl (C=O) groups excluding carboxylic acids is 2. The number of aliphatic hydroxyl groups is 1. The highest BCUT2D eigenvalue weighted by atomic mass is 35.5. The molecular weight excluding hydrogens is 641 g/mol. The van der Waals surface area contributed by atoms with Gasteiger partial charge in [0.2, 0.25) is 11.8 Å². The summed E-state index contributed by atoms with van der Waals surface area (Å²) in [4.78, 5) is 42.6. The monoisotopic (exact) mass is 687 g/mol. The van der Waals surface area contributed by atoms with Gasteiger partial charge in [-0.1, -0.05) is 74.5 Å². The maximum absolute atomic E-state index is 14.8. The molecule has 0 spiro atoms. The van der Waals surface area contributed by atoms with E-state index < -0.39 is 16.3 Å². The van der Waals surface area contributed by atoms with E-state index in [1.807, 2.05) is 21.9 Å². The highest BCUT2D eigenvalue weighted by molar-refractivity contribution is 8.16. The van der Waals surface area contributed by atoms with Crippen LogP contribution in [-0.2, 0) is 9.59 Å². The van der Waals surface area contributed by atoms with Crippen molar-refractivity contribution in [1.29, 1.82) is 0 Å². The maximum Gasteiger partial charge on any atom is 0.245 e. The van der Waals surface area contributed by atoms with Crippen molar-refractivity contribution in [2.24, 2.45) is 16.8 Å². The second-order valence-electron chi connectivity index (χ2n) is 14.1. The Morgan fingerprint density at radius 1 is 1.11 bits per heavy atom. The summed E-state index contributed by atoms with van der Waals surface area (Å²) in [6, 6.07) is 7.27. The third kappa shape index (κ3) is 5.82. The Bertz CT molecular complexity index is 1430. The highest BCUT2D eigenvalue weighted by Gasteiger charge is 2.64. The first kappa shape index (κ1) is 33.8. The first-order valence-electron chi connectivity index (χ1n) is 16.7. The van der Waals surface area contributed by atoms with Crippen LogP contribution in [0, 0.1) is 11.8 Å². The van der Waals surface area contributed by atoms with E-state index in [2.05, 4.69) is 74.8 Å². The lowest BCUT2D eigenvalue weighted by atomic mass is 9.76. The fourth-order valence-electron chi connectivity index (χ4n) is 8.28. The number of rotatable bonds is 7. The first-order valence-corrected chi connectivity index (χ1v) is 18.3. The van der Waals surface area contributed by atoms with E-state index in [1.165, 1.54) is 0 Å². The molecule has 2 unspecified atom stereocenters. The van der Waals surface area contributed by atoms with Gasteiger partial charge in [0.25, 0.3) is 0 Å². The Hall–Kier alpha value is -2.04. The molecule has 7 atom stereocenters. The van der Waals surface area contributed by atoms with Crippen LogP contribution in [-0.4, -0.2) is 115 Å². The van der Waals surface area contributed by atoms with Gasteiger partial charge in [-0.15, -0.1) is 11.6 Å². The first-order chi connectivity index (χ1) is 21.9. The molecule has 6 rings (SSSR count). The second-order valence-corrected chi connectivity index (χ2v) is 16.5. The van der Waals surface area contributed by atoms with Gasteiger partial charge < -0.3 is 19.8 Å². The maximum atomic E-state index is 14.8. The van der Waals surface area contributed by atoms with Gasteiger partial charge in [-0.05, 0) is 61.8 Å². The van der Waals surface area contributed by atoms with Crippen molar-refractivity contribution < 1.29 is 14.7 Å². The molecule has 0 aromatic heterocycles. The van der Waals surface area contributed by atoms with E-state index in [0.29, 0.717) is 37.6 Å². The normalized spacial score (nSPS) is 34.7. The molecule has 0 bridgehead atoms. The number of β-amino-alcohol motifs (C(OH)–C–C–N with tert-alkyl or cyclic N) is 1. The number of amidine groups is 1. The number of nitrogens with zero attached hydrogens (tertiary/aromatic N) is 5. The molecule has 8 nitrogen and oxygen atoms in total. The third-order valence-corrected chi connectivity index (χ3v) is 12.8. The van der Waals surface area contributed by atoms with Crippen LogP contribution in [0.5, 0.6) is 0 Å². The van der Waals surface area contributed by atoms with Crippen LogP contribution in [0.15, 0.2) is 53.1 Å². The van der Waals surface area contributed by atoms with Gasteiger partial charge >= 0.3 is 0 Å². The van der Waals surface area contributed by atoms with Crippen LogP contribution >= 0.6 is 35.0 Å². The molecule has 1 aromatic rings. The number of benzene rings is 1. The topological polar surface area (TPSA) is 79.7 Å². The van der Waals surface area contributed by atoms with Crippen LogP contribution in [0.4, 0.5) is 0 Å². The van der Waals surface area contributed by atoms with Crippen molar-refractivity contribution in [3.63, 3.8) is 0 Å². The molecule has 4 aliphatic heterocycles. The van der Waals surface area contributed by atoms with Crippen LogP contribution < -0.4 is 0 Å². The number of piperazine rings is 1. The molecule has 250 valence electrons. The number of aliphatic hydroxyl groups excluding tert-OH is 1. The van der Waals surface area contributed by atoms with E-state index in [4.69, 9.17) is 28.2 Å². The SMILES string of the molecule is CC(C)C1N2C(=N[C@@](C)(C3=C[C@@H](C)C(Cl)C=C3)[C@H]2c2ccc(Cl)cc2)S[C@]1(C)C(=O)N1CCC[C@H]1C(=O)N1CCN(CCO)CC1. The van der Waals surface area contributed by atoms with Crippen molar-refractivity contribution in [2.45, 2.75) is 81.2 Å². The zero-order valence-corrected chi connectivity index (χ0v) is 29.9. The van der Waals surface area contributed by atoms with E-state index in [0.717, 1.165) is 35.8 Å². The predicted molar refractivity (Wildman–Crippen MR) is 187 cm³/mol. The third-order valence-electron chi connectivity index (χ3n) is 10.7. The molecule has 46 heavy (non-hydrogen) atoms. The minimum absolute atomic E-state index is 0.0232. The number of aliphatic imine (C=N–C) groups is 1. The van der Waals surface area contributed by atoms with Gasteiger partial charge in [0.15, 0.2) is 5.17 Å². The Morgan fingerprint density at radius 3 is 2.43 bits per heavy atom. The van der Waals surface area contributed by atoms with Gasteiger partial charge in [0.1, 0.15) is 16.3 Å². The minimum atomic E-state index is -0.826. The van der Waals surface area contributed by atoms with Gasteiger partial charge in [0, 0.05) is 44.3 Å². The Labute approximate surface area is 287 Å². The zero-order valence-electron chi connectivity index (χ0n) is 27.5. The summed E-state index contributed by atoms with van der Waals surface area (Å²) < 4.78 is -0.826. The van der Waals surface area contributed by atoms with Crippen molar-refractivity contribution in [1.82, 2.24) is 19.6 Å². The van der Waals surface area contributed by atoms with Crippen LogP contribution in [0.2, 0.25) is 5.02 Å². The lowest BCUT2D eigenvalue weighted by molar-refractivity contribution is -0.146. The molecule has 0 saturated carbocycles. The summed E-state index contributed by atoms with van der Waals surface area (Å²) >= 11 is 14.5. The summed E-state index contributed by atoms with van der Waals surface area (Å²) in [5.41, 5.74) is 1.62. The van der Waals surface area contributed by atoms with Crippen molar-refractivity contribution >= 4 is 51.9 Å². The largest absolute Gasteiger partial charge is 0.395 e. The number of hydrogen-bond acceptors (Lipinski definition) is 7. The number of halogens is 2. The van der Waals surface area contributed by atoms with E-state index in [1.54, 1.807) is 11.8 Å². The number of alkyl halides is 1. The summed E-state index contributed by atoms with van der Waals surface area (Å²) in [5, 5.41) is 10.8. The van der Waals surface area contributed by atoms with E-state index >= 15 is 0 Å². The molecule has 1 aromatic carbocycles. The second kappa shape index (κ2) is 13.1. The average molecular weight is 689 g/mol. The molecule has 0 radical (unpaired) electrons. The van der Waals surface area contributed by atoms with E-state index in [9.17, 15) is 14.7 Å². The molecule has 1 aliphatic carbocycles. The summed E-state index contributed by atoms with van der Waals surface area (Å²) in [6.07, 6.45) is 7.93. The number of fused-ring (bicyclic) bond motifs is 1. The number of amides is 2. The number of carbonyl (C=O) groups is 2. The van der Waals surface area contributed by atoms with Crippen molar-refractivity contribution in [3.05, 3.63) is 58.7 Å². The number of likely N-dealkylation sites (tertiary alicyclic amines) is 1. The van der Waals surface area contributed by atoms with Crippen molar-refractivity contribution in [3.8, 4) is 0 Å². The molecule has 3 fully saturated rings. The van der Waals surface area contributed by atoms with Crippen molar-refractivity contribution in [2.75, 3.05) is 45.9 Å². The highest BCUT2D eigenvalue weighted by Crippen LogP contribution is 2.58. The van der Waals surface area contributed by atoms with Gasteiger partial charge in [-0.25, -0.2) is 4.99 Å². The molecule has 2 amide bonds. The zero-order chi connectivity index (χ0) is 33.0. The molecule has 11 heteroatoms. The Morgan fingerprint density at radius 2 is 1.80 bits per heavy atom. The molecule has 3 saturated heterocycles. The number of allylic oxidation sites excluding steroid dienone is 2. The minimum Gasteiger partial charge on any atom is -0.395 e. The van der Waals surface area contributed by atoms with Gasteiger partial charge in [-0.3, -0.25) is 14.5 Å². The summed E-state index contributed by atoms with van der Waals surface area (Å²) in [6.45, 7) is 14.8. The standard InChI is InChI=1S/C35H47Cl2N5O3S/c1-22(2)29-35(5,32(45)41-14-6-7-28(41)31(44)40-17-15-39(16-18-40)19-20-43)46-33-38-34(4,25-10-13-27(37)23(3)21-25)30(42(29)33)24-8-11-26(36)12-9-24/h8-13,21-23,27-30,43H,6-7,14-20H2,1-5H3/t23-,27?,28+,29?,30-,34+,35+/m1/s1. The average Bonchev–Trinajstić information content (AvgIpc) is 3.70. The molecule has 4 heterocycles. The van der Waals surface area contributed by atoms with Gasteiger partial charge in [-0.2, -0.15) is 0 Å². The molecular formula is C35H47Cl2N5O3S. The molecule has 5 aliphatic rings. The number of thioether (sulfide) groups is 1. The van der Waals surface area contributed by atoms with Gasteiger partial charge in [0.05, 0.1) is 24.1 Å². The fourth-order valence-corrected chi connectivity index (χ4v) is 10.2. The predicted octanol–water partition coefficient (Wildman–Crippen LogP) is 5.21. The lowest BCUT2D eigenvalue weighted by Crippen LogP contribution is -2.60. The summed E-state index contributed by atoms with van der Waals surface area (Å²) in [7, 11) is 0. The Balaban J connectivity index is 1.33. The van der Waals surface area contributed by atoms with Crippen LogP contribution in [0.25, 0.3) is 0 Å². The van der Waals surface area contributed by atoms with Crippen LogP contribution in [0.1, 0.15) is 59.1 Å². The quantitative estimate of drug-likeness (QED) is 0.397. The van der Waals surface area contributed by atoms with Crippen LogP contribution in [0.3, 0.4) is 0 Å². The number of hydrogen-bond donors (Lipinski definition) is 1. The van der Waals surface area contributed by atoms with E-state index in [-0.39, 0.29) is 47.7 Å². The summed E-state index contributed by atoms with van der Waals surface area (Å²) in [5.74, 6) is 0.372. The molecule has 1 N–H and O–H groups in total. The Kier molecular flexibility index (Phi) is 9.65. The fraction of sp³-hybridized carbons (Fsp3) is 0.629. The lowest BCUT2D eigenvalue weighted by Gasteiger charge is -2.45.